The largest absolute Gasteiger partial charge is 0.490 e. The van der Waals surface area contributed by atoms with Gasteiger partial charge in [0, 0.05) is 24.7 Å². The predicted molar refractivity (Wildman–Crippen MR) is 131 cm³/mol. The Labute approximate surface area is 205 Å². The van der Waals surface area contributed by atoms with E-state index in [2.05, 4.69) is 5.32 Å². The minimum atomic E-state index is -0.639. The van der Waals surface area contributed by atoms with Gasteiger partial charge in [-0.05, 0) is 37.8 Å². The van der Waals surface area contributed by atoms with Crippen LogP contribution in [-0.4, -0.2) is 47.4 Å². The van der Waals surface area contributed by atoms with Crippen molar-refractivity contribution in [3.05, 3.63) is 63.7 Å². The van der Waals surface area contributed by atoms with E-state index in [0.717, 1.165) is 36.8 Å². The van der Waals surface area contributed by atoms with Crippen LogP contribution in [0.2, 0.25) is 0 Å². The van der Waals surface area contributed by atoms with Crippen LogP contribution in [0.4, 0.5) is 5.69 Å². The van der Waals surface area contributed by atoms with Crippen LogP contribution >= 0.6 is 0 Å². The second-order valence-electron chi connectivity index (χ2n) is 8.80. The fraction of sp³-hybridized carbons (Fsp3) is 0.462. The Balaban J connectivity index is 1.77. The topological polar surface area (TPSA) is 111 Å². The van der Waals surface area contributed by atoms with Crippen LogP contribution < -0.4 is 14.8 Å². The molecule has 0 unspecified atom stereocenters. The number of hydrogen-bond donors (Lipinski definition) is 1. The van der Waals surface area contributed by atoms with E-state index in [1.54, 1.807) is 4.90 Å². The first kappa shape index (κ1) is 26.0. The summed E-state index contributed by atoms with van der Waals surface area (Å²) in [7, 11) is 1.33. The van der Waals surface area contributed by atoms with Gasteiger partial charge in [-0.15, -0.1) is 0 Å². The van der Waals surface area contributed by atoms with Crippen molar-refractivity contribution in [3.63, 3.8) is 0 Å². The number of aryl methyl sites for hydroxylation is 1. The minimum Gasteiger partial charge on any atom is -0.490 e. The molecule has 0 saturated heterocycles. The van der Waals surface area contributed by atoms with Gasteiger partial charge in [0.2, 0.25) is 11.7 Å². The Morgan fingerprint density at radius 3 is 2.46 bits per heavy atom. The number of benzene rings is 2. The third-order valence-corrected chi connectivity index (χ3v) is 6.27. The van der Waals surface area contributed by atoms with Crippen LogP contribution in [0.15, 0.2) is 42.5 Å². The molecule has 2 aromatic carbocycles. The third kappa shape index (κ3) is 6.94. The Morgan fingerprint density at radius 2 is 1.86 bits per heavy atom. The normalized spacial score (nSPS) is 14.3. The van der Waals surface area contributed by atoms with Crippen molar-refractivity contribution in [1.29, 1.82) is 0 Å². The zero-order valence-electron chi connectivity index (χ0n) is 20.5. The maximum absolute atomic E-state index is 13.3. The molecule has 1 N–H and O–H groups in total. The lowest BCUT2D eigenvalue weighted by Gasteiger charge is -2.31. The molecule has 1 atom stereocenters. The number of amides is 2. The molecule has 0 spiro atoms. The van der Waals surface area contributed by atoms with Gasteiger partial charge in [0.1, 0.15) is 11.8 Å². The van der Waals surface area contributed by atoms with Gasteiger partial charge in [-0.25, -0.2) is 0 Å². The first-order valence-electron chi connectivity index (χ1n) is 11.9. The number of carbonyl (C=O) groups excluding carboxylic acids is 2. The van der Waals surface area contributed by atoms with Gasteiger partial charge in [-0.3, -0.25) is 19.7 Å². The van der Waals surface area contributed by atoms with Crippen LogP contribution in [0.3, 0.4) is 0 Å². The van der Waals surface area contributed by atoms with E-state index in [1.807, 2.05) is 38.1 Å². The number of methoxy groups -OCH3 is 1. The predicted octanol–water partition coefficient (Wildman–Crippen LogP) is 4.16. The van der Waals surface area contributed by atoms with Crippen LogP contribution in [0.25, 0.3) is 0 Å². The number of hydrogen-bond acceptors (Lipinski definition) is 6. The summed E-state index contributed by atoms with van der Waals surface area (Å²) in [4.78, 5) is 38.6. The molecule has 0 aromatic heterocycles. The second kappa shape index (κ2) is 12.2. The molecule has 35 heavy (non-hydrogen) atoms. The number of nitrogens with zero attached hydrogens (tertiary/aromatic N) is 2. The number of nitro benzene ring substituents is 1. The molecule has 0 bridgehead atoms. The highest BCUT2D eigenvalue weighted by Crippen LogP contribution is 2.31. The number of ether oxygens (including phenoxy) is 2. The Hall–Kier alpha value is -3.62. The molecule has 0 aliphatic heterocycles. The van der Waals surface area contributed by atoms with E-state index in [-0.39, 0.29) is 48.2 Å². The Bertz CT molecular complexity index is 1030. The van der Waals surface area contributed by atoms with Gasteiger partial charge in [0.25, 0.3) is 5.91 Å². The molecule has 9 heteroatoms. The lowest BCUT2D eigenvalue weighted by molar-refractivity contribution is -0.385. The van der Waals surface area contributed by atoms with Crippen molar-refractivity contribution in [1.82, 2.24) is 10.2 Å². The summed E-state index contributed by atoms with van der Waals surface area (Å²) >= 11 is 0. The van der Waals surface area contributed by atoms with Gasteiger partial charge in [-0.1, -0.05) is 49.6 Å². The lowest BCUT2D eigenvalue weighted by atomic mass is 10.1. The fourth-order valence-electron chi connectivity index (χ4n) is 4.30. The molecule has 3 rings (SSSR count). The zero-order chi connectivity index (χ0) is 25.4. The highest BCUT2D eigenvalue weighted by molar-refractivity contribution is 5.88. The molecule has 0 radical (unpaired) electrons. The monoisotopic (exact) mass is 483 g/mol. The van der Waals surface area contributed by atoms with Crippen LogP contribution in [0, 0.1) is 17.0 Å². The van der Waals surface area contributed by atoms with Crippen molar-refractivity contribution in [3.8, 4) is 11.5 Å². The number of nitrogens with one attached hydrogen (secondary N) is 1. The molecule has 1 aliphatic rings. The third-order valence-electron chi connectivity index (χ3n) is 6.27. The highest BCUT2D eigenvalue weighted by Gasteiger charge is 2.31. The fourth-order valence-corrected chi connectivity index (χ4v) is 4.30. The van der Waals surface area contributed by atoms with E-state index >= 15 is 0 Å². The van der Waals surface area contributed by atoms with Crippen LogP contribution in [-0.2, 0) is 16.1 Å². The summed E-state index contributed by atoms with van der Waals surface area (Å²) in [6, 6.07) is 11.4. The van der Waals surface area contributed by atoms with E-state index in [4.69, 9.17) is 9.47 Å². The van der Waals surface area contributed by atoms with Gasteiger partial charge >= 0.3 is 5.69 Å². The van der Waals surface area contributed by atoms with Crippen molar-refractivity contribution in [2.75, 3.05) is 13.7 Å². The summed E-state index contributed by atoms with van der Waals surface area (Å²) in [6.45, 7) is 3.82. The molecule has 1 fully saturated rings. The van der Waals surface area contributed by atoms with E-state index < -0.39 is 11.0 Å². The SMILES string of the molecule is CC[C@@H](C(=O)NC1CCCC1)N(Cc1ccc(C)cc1)C(=O)COc1ccc([N+](=O)[O-])c(OC)c1. The molecular weight excluding hydrogens is 450 g/mol. The highest BCUT2D eigenvalue weighted by atomic mass is 16.6. The number of nitro groups is 1. The summed E-state index contributed by atoms with van der Waals surface area (Å²) in [5.41, 5.74) is 1.82. The molecular formula is C26H33N3O6. The molecule has 1 saturated carbocycles. The smallest absolute Gasteiger partial charge is 0.311 e. The minimum absolute atomic E-state index is 0.0406. The average Bonchev–Trinajstić information content (AvgIpc) is 3.36. The maximum atomic E-state index is 13.3. The number of rotatable bonds is 11. The van der Waals surface area contributed by atoms with Gasteiger partial charge < -0.3 is 19.7 Å². The quantitative estimate of drug-likeness (QED) is 0.380. The van der Waals surface area contributed by atoms with Crippen LogP contribution in [0.5, 0.6) is 11.5 Å². The standard InChI is InChI=1S/C26H33N3O6/c1-4-22(26(31)27-20-7-5-6-8-20)28(16-19-11-9-18(2)10-12-19)25(30)17-35-21-13-14-23(29(32)33)24(15-21)34-3/h9-15,20,22H,4-8,16-17H2,1-3H3,(H,27,31)/t22-/m0/s1. The molecule has 1 aliphatic carbocycles. The van der Waals surface area contributed by atoms with E-state index in [9.17, 15) is 19.7 Å². The molecule has 2 amide bonds. The maximum Gasteiger partial charge on any atom is 0.311 e. The first-order chi connectivity index (χ1) is 16.8. The number of carbonyl (C=O) groups is 2. The summed E-state index contributed by atoms with van der Waals surface area (Å²) < 4.78 is 10.7. The Morgan fingerprint density at radius 1 is 1.17 bits per heavy atom. The molecule has 0 heterocycles. The zero-order valence-corrected chi connectivity index (χ0v) is 20.5. The lowest BCUT2D eigenvalue weighted by Crippen LogP contribution is -2.52. The molecule has 2 aromatic rings. The van der Waals surface area contributed by atoms with Crippen LogP contribution in [0.1, 0.15) is 50.2 Å². The van der Waals surface area contributed by atoms with E-state index in [0.29, 0.717) is 6.42 Å². The summed E-state index contributed by atoms with van der Waals surface area (Å²) in [5.74, 6) is -0.202. The Kier molecular flexibility index (Phi) is 9.05. The van der Waals surface area contributed by atoms with E-state index in [1.165, 1.54) is 25.3 Å². The van der Waals surface area contributed by atoms with Crippen molar-refractivity contribution >= 4 is 17.5 Å². The first-order valence-corrected chi connectivity index (χ1v) is 11.9. The van der Waals surface area contributed by atoms with Gasteiger partial charge in [-0.2, -0.15) is 0 Å². The van der Waals surface area contributed by atoms with Gasteiger partial charge in [0.05, 0.1) is 12.0 Å². The second-order valence-corrected chi connectivity index (χ2v) is 8.80. The summed E-state index contributed by atoms with van der Waals surface area (Å²) in [6.07, 6.45) is 4.57. The van der Waals surface area contributed by atoms with Crippen molar-refractivity contribution in [2.24, 2.45) is 0 Å². The molecule has 188 valence electrons. The van der Waals surface area contributed by atoms with Gasteiger partial charge in [0.15, 0.2) is 6.61 Å². The summed E-state index contributed by atoms with van der Waals surface area (Å²) in [5, 5.41) is 14.2. The average molecular weight is 484 g/mol. The van der Waals surface area contributed by atoms with Crippen molar-refractivity contribution in [2.45, 2.75) is 64.6 Å². The van der Waals surface area contributed by atoms with Crippen molar-refractivity contribution < 1.29 is 24.0 Å². The molecule has 9 nitrogen and oxygen atoms in total.